The first-order chi connectivity index (χ1) is 14.1. The number of hydrogen-bond donors (Lipinski definition) is 3. The highest BCUT2D eigenvalue weighted by Gasteiger charge is 2.27. The Morgan fingerprint density at radius 1 is 0.793 bits per heavy atom. The van der Waals surface area contributed by atoms with E-state index in [2.05, 4.69) is 25.8 Å². The minimum atomic E-state index is -0.138. The summed E-state index contributed by atoms with van der Waals surface area (Å²) in [6.07, 6.45) is 4.24. The molecule has 0 bridgehead atoms. The van der Waals surface area contributed by atoms with E-state index in [4.69, 9.17) is 0 Å². The fraction of sp³-hybridized carbons (Fsp3) is 0.571. The summed E-state index contributed by atoms with van der Waals surface area (Å²) in [7, 11) is 0. The monoisotopic (exact) mass is 399 g/mol. The minimum Gasteiger partial charge on any atom is -0.352 e. The van der Waals surface area contributed by atoms with Gasteiger partial charge in [-0.05, 0) is 37.8 Å². The second-order valence-corrected chi connectivity index (χ2v) is 8.24. The highest BCUT2D eigenvalue weighted by Crippen LogP contribution is 2.21. The maximum atomic E-state index is 12.5. The number of nitrogens with one attached hydrogen (secondary N) is 3. The Balaban J connectivity index is 1.22. The van der Waals surface area contributed by atoms with E-state index in [0.29, 0.717) is 23.8 Å². The molecule has 0 aromatic heterocycles. The van der Waals surface area contributed by atoms with Crippen molar-refractivity contribution in [3.8, 4) is 0 Å². The van der Waals surface area contributed by atoms with E-state index in [-0.39, 0.29) is 30.3 Å². The van der Waals surface area contributed by atoms with Gasteiger partial charge in [-0.1, -0.05) is 12.1 Å². The summed E-state index contributed by atoms with van der Waals surface area (Å²) in [5, 5.41) is 8.86. The lowest BCUT2D eigenvalue weighted by atomic mass is 10.1. The van der Waals surface area contributed by atoms with Crippen molar-refractivity contribution in [3.05, 3.63) is 29.8 Å². The van der Waals surface area contributed by atoms with Crippen LogP contribution in [-0.2, 0) is 9.59 Å². The van der Waals surface area contributed by atoms with E-state index in [0.717, 1.165) is 51.9 Å². The fourth-order valence-electron chi connectivity index (χ4n) is 3.48. The number of amides is 3. The van der Waals surface area contributed by atoms with Crippen LogP contribution < -0.4 is 16.0 Å². The van der Waals surface area contributed by atoms with Crippen LogP contribution in [0.15, 0.2) is 24.3 Å². The number of anilines is 1. The van der Waals surface area contributed by atoms with Gasteiger partial charge in [0.15, 0.2) is 0 Å². The molecule has 156 valence electrons. The van der Waals surface area contributed by atoms with Gasteiger partial charge in [-0.3, -0.25) is 24.2 Å². The molecule has 1 aliphatic heterocycles. The summed E-state index contributed by atoms with van der Waals surface area (Å²) in [5.74, 6) is -0.169. The molecular formula is C21H29N5O3. The third-order valence-electron chi connectivity index (χ3n) is 5.50. The van der Waals surface area contributed by atoms with E-state index in [1.807, 2.05) is 6.07 Å². The predicted octanol–water partition coefficient (Wildman–Crippen LogP) is 0.414. The Hall–Kier alpha value is -2.45. The summed E-state index contributed by atoms with van der Waals surface area (Å²) in [6.45, 7) is 3.74. The molecule has 0 spiro atoms. The van der Waals surface area contributed by atoms with Crippen LogP contribution in [0.3, 0.4) is 0 Å². The van der Waals surface area contributed by atoms with Crippen LogP contribution in [0.25, 0.3) is 0 Å². The second-order valence-electron chi connectivity index (χ2n) is 8.24. The molecule has 3 N–H and O–H groups in total. The van der Waals surface area contributed by atoms with Crippen molar-refractivity contribution in [2.45, 2.75) is 37.8 Å². The van der Waals surface area contributed by atoms with Crippen molar-refractivity contribution >= 4 is 23.4 Å². The SMILES string of the molecule is O=C(CN1CCN(CC(=O)NC2CC2)CC1)Nc1ccccc1C(=O)NC1CC1. The summed E-state index contributed by atoms with van der Waals surface area (Å²) < 4.78 is 0. The normalized spacial score (nSPS) is 20.1. The number of para-hydroxylation sites is 1. The van der Waals surface area contributed by atoms with Gasteiger partial charge in [-0.15, -0.1) is 0 Å². The molecule has 4 rings (SSSR count). The molecule has 1 aromatic rings. The van der Waals surface area contributed by atoms with Gasteiger partial charge in [0.2, 0.25) is 11.8 Å². The van der Waals surface area contributed by atoms with Crippen molar-refractivity contribution in [1.82, 2.24) is 20.4 Å². The van der Waals surface area contributed by atoms with Gasteiger partial charge in [-0.25, -0.2) is 0 Å². The highest BCUT2D eigenvalue weighted by atomic mass is 16.2. The second kappa shape index (κ2) is 8.92. The molecular weight excluding hydrogens is 370 g/mol. The summed E-state index contributed by atoms with van der Waals surface area (Å²) in [6, 6.07) is 7.77. The first-order valence-corrected chi connectivity index (χ1v) is 10.5. The van der Waals surface area contributed by atoms with Crippen LogP contribution >= 0.6 is 0 Å². The third-order valence-corrected chi connectivity index (χ3v) is 5.50. The van der Waals surface area contributed by atoms with Crippen molar-refractivity contribution in [2.75, 3.05) is 44.6 Å². The molecule has 1 aromatic carbocycles. The standard InChI is InChI=1S/C21H29N5O3/c27-19(22-15-5-6-15)13-25-9-11-26(12-10-25)14-20(28)24-18-4-2-1-3-17(18)21(29)23-16-7-8-16/h1-4,15-16H,5-14H2,(H,22,27)(H,23,29)(H,24,28). The molecule has 2 saturated carbocycles. The number of rotatable bonds is 8. The molecule has 29 heavy (non-hydrogen) atoms. The molecule has 3 fully saturated rings. The lowest BCUT2D eigenvalue weighted by molar-refractivity contribution is -0.123. The number of nitrogens with zero attached hydrogens (tertiary/aromatic N) is 2. The number of piperazine rings is 1. The molecule has 1 heterocycles. The van der Waals surface area contributed by atoms with E-state index in [1.165, 1.54) is 0 Å². The predicted molar refractivity (Wildman–Crippen MR) is 110 cm³/mol. The van der Waals surface area contributed by atoms with Crippen LogP contribution in [0.5, 0.6) is 0 Å². The van der Waals surface area contributed by atoms with Crippen molar-refractivity contribution < 1.29 is 14.4 Å². The van der Waals surface area contributed by atoms with Gasteiger partial charge in [0.1, 0.15) is 0 Å². The smallest absolute Gasteiger partial charge is 0.253 e. The maximum Gasteiger partial charge on any atom is 0.253 e. The topological polar surface area (TPSA) is 93.8 Å². The lowest BCUT2D eigenvalue weighted by Crippen LogP contribution is -2.51. The summed E-state index contributed by atoms with van der Waals surface area (Å²) >= 11 is 0. The Kier molecular flexibility index (Phi) is 6.10. The summed E-state index contributed by atoms with van der Waals surface area (Å²) in [5.41, 5.74) is 1.05. The Bertz CT molecular complexity index is 767. The van der Waals surface area contributed by atoms with Crippen LogP contribution in [0.1, 0.15) is 36.0 Å². The molecule has 1 saturated heterocycles. The largest absolute Gasteiger partial charge is 0.352 e. The quantitative estimate of drug-likeness (QED) is 0.589. The van der Waals surface area contributed by atoms with E-state index < -0.39 is 0 Å². The van der Waals surface area contributed by atoms with Gasteiger partial charge >= 0.3 is 0 Å². The van der Waals surface area contributed by atoms with Crippen LogP contribution in [0.4, 0.5) is 5.69 Å². The van der Waals surface area contributed by atoms with Gasteiger partial charge < -0.3 is 16.0 Å². The van der Waals surface area contributed by atoms with E-state index in [9.17, 15) is 14.4 Å². The molecule has 3 aliphatic rings. The van der Waals surface area contributed by atoms with Crippen LogP contribution in [0.2, 0.25) is 0 Å². The van der Waals surface area contributed by atoms with Crippen molar-refractivity contribution in [2.24, 2.45) is 0 Å². The zero-order chi connectivity index (χ0) is 20.2. The number of benzene rings is 1. The Morgan fingerprint density at radius 3 is 1.97 bits per heavy atom. The van der Waals surface area contributed by atoms with Crippen molar-refractivity contribution in [3.63, 3.8) is 0 Å². The first kappa shape index (κ1) is 19.8. The third kappa shape index (κ3) is 6.01. The molecule has 8 nitrogen and oxygen atoms in total. The Morgan fingerprint density at radius 2 is 1.34 bits per heavy atom. The average molecular weight is 399 g/mol. The first-order valence-electron chi connectivity index (χ1n) is 10.5. The van der Waals surface area contributed by atoms with Gasteiger partial charge in [-0.2, -0.15) is 0 Å². The van der Waals surface area contributed by atoms with E-state index in [1.54, 1.807) is 18.2 Å². The van der Waals surface area contributed by atoms with Gasteiger partial charge in [0, 0.05) is 38.3 Å². The molecule has 8 heteroatoms. The lowest BCUT2D eigenvalue weighted by Gasteiger charge is -2.33. The number of hydrogen-bond acceptors (Lipinski definition) is 5. The fourth-order valence-corrected chi connectivity index (χ4v) is 3.48. The summed E-state index contributed by atoms with van der Waals surface area (Å²) in [4.78, 5) is 41.0. The zero-order valence-electron chi connectivity index (χ0n) is 16.7. The highest BCUT2D eigenvalue weighted by molar-refractivity contribution is 6.04. The Labute approximate surface area is 171 Å². The molecule has 2 aliphatic carbocycles. The number of carbonyl (C=O) groups excluding carboxylic acids is 3. The minimum absolute atomic E-state index is 0.0970. The van der Waals surface area contributed by atoms with Crippen molar-refractivity contribution in [1.29, 1.82) is 0 Å². The number of carbonyl (C=O) groups is 3. The average Bonchev–Trinajstić information content (AvgIpc) is 3.61. The van der Waals surface area contributed by atoms with E-state index >= 15 is 0 Å². The molecule has 3 amide bonds. The van der Waals surface area contributed by atoms with Crippen LogP contribution in [0, 0.1) is 0 Å². The van der Waals surface area contributed by atoms with Crippen LogP contribution in [-0.4, -0.2) is 78.9 Å². The molecule has 0 atom stereocenters. The molecule has 0 unspecified atom stereocenters. The van der Waals surface area contributed by atoms with Gasteiger partial charge in [0.25, 0.3) is 5.91 Å². The van der Waals surface area contributed by atoms with Gasteiger partial charge in [0.05, 0.1) is 24.3 Å². The molecule has 0 radical (unpaired) electrons. The zero-order valence-corrected chi connectivity index (χ0v) is 16.7. The maximum absolute atomic E-state index is 12.5.